The standard InChI is InChI=1S/C14H21N5/c1-12-9-13(19-14(10-12)16-11-17-19)15-5-8-18-6-3-2-4-7-18/h9-11,15H,2-8H2,1H3. The van der Waals surface area contributed by atoms with Crippen LogP contribution in [-0.2, 0) is 0 Å². The summed E-state index contributed by atoms with van der Waals surface area (Å²) in [5, 5.41) is 7.74. The van der Waals surface area contributed by atoms with E-state index in [-0.39, 0.29) is 0 Å². The largest absolute Gasteiger partial charge is 0.369 e. The van der Waals surface area contributed by atoms with Gasteiger partial charge in [0.15, 0.2) is 5.65 Å². The highest BCUT2D eigenvalue weighted by atomic mass is 15.3. The molecule has 0 bridgehead atoms. The summed E-state index contributed by atoms with van der Waals surface area (Å²) < 4.78 is 1.86. The van der Waals surface area contributed by atoms with Gasteiger partial charge in [0.25, 0.3) is 0 Å². The molecule has 2 aromatic heterocycles. The van der Waals surface area contributed by atoms with E-state index in [0.717, 1.165) is 24.6 Å². The maximum Gasteiger partial charge on any atom is 0.157 e. The molecule has 0 aliphatic carbocycles. The number of pyridine rings is 1. The molecule has 5 heteroatoms. The first-order valence-electron chi connectivity index (χ1n) is 7.09. The maximum absolute atomic E-state index is 4.25. The van der Waals surface area contributed by atoms with Crippen molar-refractivity contribution in [3.8, 4) is 0 Å². The van der Waals surface area contributed by atoms with Gasteiger partial charge in [-0.2, -0.15) is 9.61 Å². The van der Waals surface area contributed by atoms with Crippen molar-refractivity contribution >= 4 is 11.5 Å². The Morgan fingerprint density at radius 3 is 2.89 bits per heavy atom. The van der Waals surface area contributed by atoms with Crippen LogP contribution in [0.1, 0.15) is 24.8 Å². The lowest BCUT2D eigenvalue weighted by atomic mass is 10.1. The summed E-state index contributed by atoms with van der Waals surface area (Å²) in [5.41, 5.74) is 2.11. The van der Waals surface area contributed by atoms with Gasteiger partial charge in [-0.1, -0.05) is 6.42 Å². The monoisotopic (exact) mass is 259 g/mol. The first-order valence-corrected chi connectivity index (χ1v) is 7.09. The van der Waals surface area contributed by atoms with E-state index in [9.17, 15) is 0 Å². The quantitative estimate of drug-likeness (QED) is 0.911. The Bertz CT molecular complexity index is 542. The summed E-state index contributed by atoms with van der Waals surface area (Å²) >= 11 is 0. The second kappa shape index (κ2) is 5.57. The zero-order valence-electron chi connectivity index (χ0n) is 11.5. The molecule has 0 amide bonds. The van der Waals surface area contributed by atoms with Crippen molar-refractivity contribution in [2.24, 2.45) is 0 Å². The molecule has 3 rings (SSSR count). The van der Waals surface area contributed by atoms with Gasteiger partial charge in [-0.25, -0.2) is 4.98 Å². The molecule has 1 fully saturated rings. The van der Waals surface area contributed by atoms with Crippen molar-refractivity contribution in [1.82, 2.24) is 19.5 Å². The van der Waals surface area contributed by atoms with Crippen LogP contribution < -0.4 is 5.32 Å². The topological polar surface area (TPSA) is 45.5 Å². The molecule has 0 spiro atoms. The van der Waals surface area contributed by atoms with Crippen LogP contribution in [0.5, 0.6) is 0 Å². The van der Waals surface area contributed by atoms with Crippen LogP contribution in [0, 0.1) is 6.92 Å². The Balaban J connectivity index is 1.63. The molecule has 1 aliphatic heterocycles. The van der Waals surface area contributed by atoms with Crippen molar-refractivity contribution in [2.75, 3.05) is 31.5 Å². The zero-order valence-corrected chi connectivity index (χ0v) is 11.5. The third-order valence-electron chi connectivity index (χ3n) is 3.71. The normalized spacial score (nSPS) is 16.9. The summed E-state index contributed by atoms with van der Waals surface area (Å²) in [6, 6.07) is 4.17. The average Bonchev–Trinajstić information content (AvgIpc) is 2.88. The van der Waals surface area contributed by atoms with E-state index in [1.165, 1.54) is 37.9 Å². The van der Waals surface area contributed by atoms with E-state index in [4.69, 9.17) is 0 Å². The number of hydrogen-bond donors (Lipinski definition) is 1. The number of hydrogen-bond acceptors (Lipinski definition) is 4. The second-order valence-corrected chi connectivity index (χ2v) is 5.28. The average molecular weight is 259 g/mol. The summed E-state index contributed by atoms with van der Waals surface area (Å²) in [6.45, 7) is 6.63. The molecule has 1 saturated heterocycles. The summed E-state index contributed by atoms with van der Waals surface area (Å²) in [7, 11) is 0. The SMILES string of the molecule is Cc1cc(NCCN2CCCCC2)n2ncnc2c1. The van der Waals surface area contributed by atoms with E-state index in [2.05, 4.69) is 33.3 Å². The van der Waals surface area contributed by atoms with Crippen molar-refractivity contribution < 1.29 is 0 Å². The van der Waals surface area contributed by atoms with Crippen LogP contribution in [0.15, 0.2) is 18.5 Å². The highest BCUT2D eigenvalue weighted by molar-refractivity contribution is 5.51. The predicted molar refractivity (Wildman–Crippen MR) is 76.5 cm³/mol. The van der Waals surface area contributed by atoms with Gasteiger partial charge in [0, 0.05) is 13.1 Å². The molecule has 0 saturated carbocycles. The van der Waals surface area contributed by atoms with Crippen LogP contribution >= 0.6 is 0 Å². The third kappa shape index (κ3) is 2.87. The third-order valence-corrected chi connectivity index (χ3v) is 3.71. The fraction of sp³-hybridized carbons (Fsp3) is 0.571. The van der Waals surface area contributed by atoms with Crippen LogP contribution in [0.4, 0.5) is 5.82 Å². The first kappa shape index (κ1) is 12.4. The molecule has 102 valence electrons. The lowest BCUT2D eigenvalue weighted by Gasteiger charge is -2.26. The number of fused-ring (bicyclic) bond motifs is 1. The van der Waals surface area contributed by atoms with E-state index in [0.29, 0.717) is 0 Å². The Kier molecular flexibility index (Phi) is 3.64. The molecular formula is C14H21N5. The minimum atomic E-state index is 0.903. The van der Waals surface area contributed by atoms with Gasteiger partial charge >= 0.3 is 0 Å². The molecule has 0 radical (unpaired) electrons. The number of rotatable bonds is 4. The van der Waals surface area contributed by atoms with Crippen LogP contribution in [0.25, 0.3) is 5.65 Å². The molecule has 1 aliphatic rings. The Labute approximate surface area is 113 Å². The van der Waals surface area contributed by atoms with Gasteiger partial charge in [0.05, 0.1) is 0 Å². The lowest BCUT2D eigenvalue weighted by Crippen LogP contribution is -2.33. The summed E-state index contributed by atoms with van der Waals surface area (Å²) in [6.07, 6.45) is 5.68. The van der Waals surface area contributed by atoms with Crippen molar-refractivity contribution in [3.63, 3.8) is 0 Å². The van der Waals surface area contributed by atoms with E-state index in [1.807, 2.05) is 10.6 Å². The Morgan fingerprint density at radius 2 is 2.05 bits per heavy atom. The number of nitrogens with one attached hydrogen (secondary N) is 1. The molecule has 0 atom stereocenters. The van der Waals surface area contributed by atoms with Gasteiger partial charge in [0.1, 0.15) is 12.1 Å². The van der Waals surface area contributed by atoms with E-state index < -0.39 is 0 Å². The van der Waals surface area contributed by atoms with E-state index in [1.54, 1.807) is 6.33 Å². The number of anilines is 1. The fourth-order valence-corrected chi connectivity index (χ4v) is 2.71. The van der Waals surface area contributed by atoms with Gasteiger partial charge in [-0.05, 0) is 50.6 Å². The summed E-state index contributed by atoms with van der Waals surface area (Å²) in [5.74, 6) is 1.03. The number of nitrogens with zero attached hydrogens (tertiary/aromatic N) is 4. The van der Waals surface area contributed by atoms with Gasteiger partial charge in [0.2, 0.25) is 0 Å². The highest BCUT2D eigenvalue weighted by Gasteiger charge is 2.09. The first-order chi connectivity index (χ1) is 9.33. The maximum atomic E-state index is 4.25. The molecule has 3 heterocycles. The molecule has 19 heavy (non-hydrogen) atoms. The highest BCUT2D eigenvalue weighted by Crippen LogP contribution is 2.13. The molecule has 1 N–H and O–H groups in total. The Hall–Kier alpha value is -1.62. The minimum absolute atomic E-state index is 0.903. The number of likely N-dealkylation sites (tertiary alicyclic amines) is 1. The van der Waals surface area contributed by atoms with Crippen molar-refractivity contribution in [3.05, 3.63) is 24.0 Å². The van der Waals surface area contributed by atoms with Gasteiger partial charge < -0.3 is 10.2 Å². The molecule has 5 nitrogen and oxygen atoms in total. The van der Waals surface area contributed by atoms with Crippen molar-refractivity contribution in [1.29, 1.82) is 0 Å². The number of aromatic nitrogens is 3. The Morgan fingerprint density at radius 1 is 1.21 bits per heavy atom. The number of aryl methyl sites for hydroxylation is 1. The zero-order chi connectivity index (χ0) is 13.1. The van der Waals surface area contributed by atoms with Crippen LogP contribution in [0.2, 0.25) is 0 Å². The molecule has 0 aromatic carbocycles. The lowest BCUT2D eigenvalue weighted by molar-refractivity contribution is 0.237. The van der Waals surface area contributed by atoms with Crippen molar-refractivity contribution in [2.45, 2.75) is 26.2 Å². The molecule has 2 aromatic rings. The fourth-order valence-electron chi connectivity index (χ4n) is 2.71. The second-order valence-electron chi connectivity index (χ2n) is 5.28. The summed E-state index contributed by atoms with van der Waals surface area (Å²) in [4.78, 5) is 6.77. The molecule has 0 unspecified atom stereocenters. The smallest absolute Gasteiger partial charge is 0.157 e. The minimum Gasteiger partial charge on any atom is -0.369 e. The van der Waals surface area contributed by atoms with E-state index >= 15 is 0 Å². The molecular weight excluding hydrogens is 238 g/mol. The van der Waals surface area contributed by atoms with Gasteiger partial charge in [-0.15, -0.1) is 0 Å². The van der Waals surface area contributed by atoms with Gasteiger partial charge in [-0.3, -0.25) is 0 Å². The predicted octanol–water partition coefficient (Wildman–Crippen LogP) is 1.94. The van der Waals surface area contributed by atoms with Crippen LogP contribution in [-0.4, -0.2) is 45.7 Å². The van der Waals surface area contributed by atoms with Crippen LogP contribution in [0.3, 0.4) is 0 Å². The number of piperidine rings is 1.